The van der Waals surface area contributed by atoms with E-state index < -0.39 is 0 Å². The monoisotopic (exact) mass is 238 g/mol. The van der Waals surface area contributed by atoms with Crippen molar-refractivity contribution < 1.29 is 10.2 Å². The van der Waals surface area contributed by atoms with E-state index in [4.69, 9.17) is 0 Å². The maximum absolute atomic E-state index is 10.8. The molecule has 0 heterocycles. The van der Waals surface area contributed by atoms with Gasteiger partial charge in [-0.15, -0.1) is 0 Å². The molecule has 0 spiro atoms. The predicted molar refractivity (Wildman–Crippen MR) is 67.5 cm³/mol. The van der Waals surface area contributed by atoms with Gasteiger partial charge in [-0.25, -0.2) is 0 Å². The van der Waals surface area contributed by atoms with Crippen LogP contribution in [0.15, 0.2) is 0 Å². The van der Waals surface area contributed by atoms with Crippen molar-refractivity contribution in [2.45, 2.75) is 65.6 Å². The lowest BCUT2D eigenvalue weighted by Gasteiger charge is -2.45. The van der Waals surface area contributed by atoms with Crippen molar-refractivity contribution in [2.24, 2.45) is 28.1 Å². The summed E-state index contributed by atoms with van der Waals surface area (Å²) in [7, 11) is 0. The molecule has 2 nitrogen and oxygen atoms in total. The Labute approximate surface area is 104 Å². The van der Waals surface area contributed by atoms with Crippen LogP contribution in [-0.4, -0.2) is 22.4 Å². The summed E-state index contributed by atoms with van der Waals surface area (Å²) >= 11 is 0. The van der Waals surface area contributed by atoms with E-state index in [0.717, 1.165) is 6.42 Å². The second-order valence-electron chi connectivity index (χ2n) is 7.94. The summed E-state index contributed by atoms with van der Waals surface area (Å²) in [6.45, 7) is 9.09. The molecule has 3 saturated carbocycles. The molecular formula is C15H26O2. The van der Waals surface area contributed by atoms with Crippen LogP contribution >= 0.6 is 0 Å². The van der Waals surface area contributed by atoms with Crippen molar-refractivity contribution >= 4 is 0 Å². The number of rotatable bonds is 0. The molecular weight excluding hydrogens is 212 g/mol. The summed E-state index contributed by atoms with van der Waals surface area (Å²) in [4.78, 5) is 0. The maximum Gasteiger partial charge on any atom is 0.0637 e. The minimum Gasteiger partial charge on any atom is -0.393 e. The molecule has 3 rings (SSSR count). The van der Waals surface area contributed by atoms with Gasteiger partial charge in [0.15, 0.2) is 0 Å². The first-order valence-electron chi connectivity index (χ1n) is 7.10. The lowest BCUT2D eigenvalue weighted by atomic mass is 9.63. The Hall–Kier alpha value is -0.0800. The minimum absolute atomic E-state index is 0.0700. The van der Waals surface area contributed by atoms with Gasteiger partial charge < -0.3 is 10.2 Å². The summed E-state index contributed by atoms with van der Waals surface area (Å²) in [6.07, 6.45) is 3.96. The van der Waals surface area contributed by atoms with Gasteiger partial charge in [0, 0.05) is 5.41 Å². The highest BCUT2D eigenvalue weighted by Crippen LogP contribution is 2.73. The molecule has 17 heavy (non-hydrogen) atoms. The number of aliphatic hydroxyl groups excluding tert-OH is 2. The van der Waals surface area contributed by atoms with Crippen LogP contribution < -0.4 is 0 Å². The van der Waals surface area contributed by atoms with E-state index in [1.165, 1.54) is 19.3 Å². The lowest BCUT2D eigenvalue weighted by Crippen LogP contribution is -2.46. The predicted octanol–water partition coefficient (Wildman–Crippen LogP) is 2.58. The molecule has 2 heteroatoms. The van der Waals surface area contributed by atoms with Crippen molar-refractivity contribution in [3.8, 4) is 0 Å². The van der Waals surface area contributed by atoms with Gasteiger partial charge in [0.1, 0.15) is 0 Å². The molecule has 3 aliphatic rings. The Bertz CT molecular complexity index is 351. The van der Waals surface area contributed by atoms with E-state index in [1.54, 1.807) is 0 Å². The van der Waals surface area contributed by atoms with Gasteiger partial charge in [0.25, 0.3) is 0 Å². The van der Waals surface area contributed by atoms with Crippen LogP contribution in [0.25, 0.3) is 0 Å². The first kappa shape index (κ1) is 12.0. The SMILES string of the molecule is CC1(C)CCC[C@@]2(C)[C@H]3[C@@H]1[C@H](O)[C@]2(C)C[C@@H]3O. The summed E-state index contributed by atoms with van der Waals surface area (Å²) in [6, 6.07) is 0. The Morgan fingerprint density at radius 1 is 0.882 bits per heavy atom. The van der Waals surface area contributed by atoms with E-state index >= 15 is 0 Å². The first-order chi connectivity index (χ1) is 7.74. The molecule has 0 amide bonds. The minimum atomic E-state index is -0.226. The highest BCUT2D eigenvalue weighted by molar-refractivity contribution is 5.22. The second-order valence-corrected chi connectivity index (χ2v) is 7.94. The zero-order valence-corrected chi connectivity index (χ0v) is 11.5. The fourth-order valence-corrected chi connectivity index (χ4v) is 5.73. The van der Waals surface area contributed by atoms with E-state index in [1.807, 2.05) is 0 Å². The second kappa shape index (κ2) is 3.08. The molecule has 0 aromatic rings. The van der Waals surface area contributed by atoms with Gasteiger partial charge in [0.05, 0.1) is 12.2 Å². The van der Waals surface area contributed by atoms with Crippen molar-refractivity contribution in [1.29, 1.82) is 0 Å². The third kappa shape index (κ3) is 1.14. The van der Waals surface area contributed by atoms with Crippen molar-refractivity contribution in [3.63, 3.8) is 0 Å². The van der Waals surface area contributed by atoms with Crippen LogP contribution in [0.4, 0.5) is 0 Å². The van der Waals surface area contributed by atoms with Crippen molar-refractivity contribution in [3.05, 3.63) is 0 Å². The Kier molecular flexibility index (Phi) is 2.17. The molecule has 0 aromatic heterocycles. The largest absolute Gasteiger partial charge is 0.393 e. The smallest absolute Gasteiger partial charge is 0.0637 e. The van der Waals surface area contributed by atoms with Gasteiger partial charge in [0.2, 0.25) is 0 Å². The van der Waals surface area contributed by atoms with Crippen LogP contribution in [0.1, 0.15) is 53.4 Å². The van der Waals surface area contributed by atoms with Gasteiger partial charge in [-0.3, -0.25) is 0 Å². The van der Waals surface area contributed by atoms with Gasteiger partial charge >= 0.3 is 0 Å². The summed E-state index contributed by atoms with van der Waals surface area (Å²) in [5.41, 5.74) is 0.241. The molecule has 98 valence electrons. The number of aliphatic hydroxyl groups is 2. The van der Waals surface area contributed by atoms with E-state index in [-0.39, 0.29) is 34.4 Å². The fraction of sp³-hybridized carbons (Fsp3) is 1.00. The van der Waals surface area contributed by atoms with Crippen LogP contribution in [0.5, 0.6) is 0 Å². The first-order valence-corrected chi connectivity index (χ1v) is 7.10. The molecule has 6 atom stereocenters. The fourth-order valence-electron chi connectivity index (χ4n) is 5.73. The molecule has 3 fully saturated rings. The lowest BCUT2D eigenvalue weighted by molar-refractivity contribution is -0.0850. The Morgan fingerprint density at radius 3 is 2.18 bits per heavy atom. The molecule has 0 aliphatic heterocycles. The molecule has 0 radical (unpaired) electrons. The van der Waals surface area contributed by atoms with E-state index in [9.17, 15) is 10.2 Å². The van der Waals surface area contributed by atoms with E-state index in [2.05, 4.69) is 27.7 Å². The van der Waals surface area contributed by atoms with Crippen LogP contribution in [0, 0.1) is 28.1 Å². The number of hydrogen-bond acceptors (Lipinski definition) is 2. The summed E-state index contributed by atoms with van der Waals surface area (Å²) in [5.74, 6) is 0.587. The Morgan fingerprint density at radius 2 is 1.53 bits per heavy atom. The van der Waals surface area contributed by atoms with Gasteiger partial charge in [-0.05, 0) is 41.9 Å². The average molecular weight is 238 g/mol. The summed E-state index contributed by atoms with van der Waals surface area (Å²) in [5, 5.41) is 21.2. The van der Waals surface area contributed by atoms with E-state index in [0.29, 0.717) is 5.92 Å². The Balaban J connectivity index is 2.15. The van der Waals surface area contributed by atoms with Gasteiger partial charge in [-0.1, -0.05) is 34.1 Å². The third-order valence-corrected chi connectivity index (χ3v) is 6.89. The van der Waals surface area contributed by atoms with Crippen LogP contribution in [-0.2, 0) is 0 Å². The zero-order valence-electron chi connectivity index (χ0n) is 11.5. The third-order valence-electron chi connectivity index (χ3n) is 6.89. The van der Waals surface area contributed by atoms with Crippen molar-refractivity contribution in [1.82, 2.24) is 0 Å². The number of hydrogen-bond donors (Lipinski definition) is 2. The van der Waals surface area contributed by atoms with Crippen LogP contribution in [0.2, 0.25) is 0 Å². The van der Waals surface area contributed by atoms with Crippen LogP contribution in [0.3, 0.4) is 0 Å². The molecule has 0 aromatic carbocycles. The molecule has 2 N–H and O–H groups in total. The quantitative estimate of drug-likeness (QED) is 0.681. The topological polar surface area (TPSA) is 40.5 Å². The standard InChI is InChI=1S/C15H26O2/c1-13(2)6-5-7-14(3)10-9(16)8-15(14,4)12(17)11(10)13/h9-12,16-17H,5-8H2,1-4H3/t9-,10+,11+,12-,14-,15-/m0/s1. The zero-order chi connectivity index (χ0) is 12.6. The highest BCUT2D eigenvalue weighted by Gasteiger charge is 2.73. The molecule has 0 unspecified atom stereocenters. The average Bonchev–Trinajstić information content (AvgIpc) is 2.44. The molecule has 3 aliphatic carbocycles. The van der Waals surface area contributed by atoms with Crippen molar-refractivity contribution in [2.75, 3.05) is 0 Å². The highest BCUT2D eigenvalue weighted by atomic mass is 16.3. The summed E-state index contributed by atoms with van der Waals surface area (Å²) < 4.78 is 0. The van der Waals surface area contributed by atoms with Gasteiger partial charge in [-0.2, -0.15) is 0 Å². The maximum atomic E-state index is 10.8. The molecule has 4 bridgehead atoms. The normalized spacial score (nSPS) is 60.4. The molecule has 0 saturated heterocycles.